The number of ether oxygens (including phenoxy) is 2. The summed E-state index contributed by atoms with van der Waals surface area (Å²) in [5, 5.41) is 0. The van der Waals surface area contributed by atoms with Gasteiger partial charge in [0.1, 0.15) is 19.0 Å². The lowest BCUT2D eigenvalue weighted by atomic mass is 9.73. The monoisotopic (exact) mass is 306 g/mol. The maximum atomic E-state index is 12.0. The minimum Gasteiger partial charge on any atom is -0.461 e. The van der Waals surface area contributed by atoms with Crippen LogP contribution in [-0.4, -0.2) is 30.9 Å². The topological polar surface area (TPSA) is 69.7 Å². The maximum absolute atomic E-state index is 12.0. The van der Waals surface area contributed by atoms with Crippen molar-refractivity contribution in [3.05, 3.63) is 34.9 Å². The second-order valence-electron chi connectivity index (χ2n) is 5.96. The van der Waals surface area contributed by atoms with Crippen molar-refractivity contribution >= 4 is 18.2 Å². The predicted molar refractivity (Wildman–Crippen MR) is 82.0 cm³/mol. The van der Waals surface area contributed by atoms with E-state index in [1.54, 1.807) is 19.1 Å². The van der Waals surface area contributed by atoms with Gasteiger partial charge >= 0.3 is 11.9 Å². The van der Waals surface area contributed by atoms with Crippen LogP contribution in [0.1, 0.15) is 34.6 Å². The molecule has 0 spiro atoms. The molecule has 0 aromatic carbocycles. The van der Waals surface area contributed by atoms with Gasteiger partial charge in [-0.15, -0.1) is 0 Å². The Hall–Kier alpha value is -2.17. The van der Waals surface area contributed by atoms with Crippen LogP contribution < -0.4 is 0 Å². The van der Waals surface area contributed by atoms with Crippen molar-refractivity contribution in [2.75, 3.05) is 6.61 Å². The molecule has 120 valence electrons. The van der Waals surface area contributed by atoms with E-state index in [-0.39, 0.29) is 6.61 Å². The zero-order valence-electron chi connectivity index (χ0n) is 13.6. The molecule has 1 unspecified atom stereocenters. The number of esters is 2. The summed E-state index contributed by atoms with van der Waals surface area (Å²) < 4.78 is 10.3. The molecule has 0 fully saturated rings. The molecular weight excluding hydrogens is 284 g/mol. The normalized spacial score (nSPS) is 20.6. The molecule has 0 aromatic rings. The first kappa shape index (κ1) is 17.9. The third-order valence-electron chi connectivity index (χ3n) is 3.57. The molecule has 0 radical (unpaired) electrons. The molecule has 0 amide bonds. The first-order chi connectivity index (χ1) is 10.2. The number of allylic oxidation sites excluding steroid dienone is 2. The van der Waals surface area contributed by atoms with Crippen molar-refractivity contribution < 1.29 is 23.9 Å². The quantitative estimate of drug-likeness (QED) is 0.443. The van der Waals surface area contributed by atoms with Gasteiger partial charge in [-0.2, -0.15) is 0 Å². The van der Waals surface area contributed by atoms with Crippen molar-refractivity contribution in [3.8, 4) is 0 Å². The van der Waals surface area contributed by atoms with E-state index in [1.807, 2.05) is 20.8 Å². The Morgan fingerprint density at radius 2 is 1.91 bits per heavy atom. The number of aldehydes is 1. The number of hydrogen-bond acceptors (Lipinski definition) is 5. The van der Waals surface area contributed by atoms with Crippen LogP contribution in [0, 0.1) is 5.41 Å². The van der Waals surface area contributed by atoms with Crippen molar-refractivity contribution in [1.82, 2.24) is 0 Å². The zero-order valence-corrected chi connectivity index (χ0v) is 13.6. The highest BCUT2D eigenvalue weighted by atomic mass is 16.5. The van der Waals surface area contributed by atoms with Crippen LogP contribution in [0.3, 0.4) is 0 Å². The van der Waals surface area contributed by atoms with Crippen LogP contribution in [0.5, 0.6) is 0 Å². The summed E-state index contributed by atoms with van der Waals surface area (Å²) in [5.74, 6) is -0.934. The summed E-state index contributed by atoms with van der Waals surface area (Å²) in [7, 11) is 0. The first-order valence-electron chi connectivity index (χ1n) is 7.03. The molecule has 0 bridgehead atoms. The number of carbonyl (C=O) groups excluding carboxylic acids is 3. The number of carbonyl (C=O) groups is 3. The molecule has 5 nitrogen and oxygen atoms in total. The average Bonchev–Trinajstić information content (AvgIpc) is 2.41. The number of rotatable bonds is 5. The van der Waals surface area contributed by atoms with Crippen LogP contribution in [0.2, 0.25) is 0 Å². The van der Waals surface area contributed by atoms with Crippen LogP contribution in [-0.2, 0) is 23.9 Å². The van der Waals surface area contributed by atoms with Gasteiger partial charge < -0.3 is 9.47 Å². The standard InChI is InChI=1S/C17H22O5/c1-11(10-21-13(3)19)8-15(20)22-16-12(2)6-7-14(9-18)17(16,4)5/h6-9,16H,10H2,1-5H3. The highest BCUT2D eigenvalue weighted by molar-refractivity contribution is 5.84. The van der Waals surface area contributed by atoms with Crippen LogP contribution in [0.15, 0.2) is 34.9 Å². The number of hydrogen-bond donors (Lipinski definition) is 0. The van der Waals surface area contributed by atoms with Gasteiger partial charge in [-0.3, -0.25) is 9.59 Å². The Morgan fingerprint density at radius 1 is 1.27 bits per heavy atom. The van der Waals surface area contributed by atoms with Gasteiger partial charge in [0.15, 0.2) is 0 Å². The van der Waals surface area contributed by atoms with Gasteiger partial charge in [0, 0.05) is 24.0 Å². The van der Waals surface area contributed by atoms with E-state index in [0.29, 0.717) is 11.1 Å². The fraction of sp³-hybridized carbons (Fsp3) is 0.471. The van der Waals surface area contributed by atoms with Gasteiger partial charge in [0.2, 0.25) is 0 Å². The highest BCUT2D eigenvalue weighted by Crippen LogP contribution is 2.38. The Morgan fingerprint density at radius 3 is 2.45 bits per heavy atom. The third kappa shape index (κ3) is 4.41. The van der Waals surface area contributed by atoms with E-state index < -0.39 is 23.5 Å². The third-order valence-corrected chi connectivity index (χ3v) is 3.57. The summed E-state index contributed by atoms with van der Waals surface area (Å²) in [6.07, 6.45) is 5.09. The fourth-order valence-corrected chi connectivity index (χ4v) is 2.28. The molecule has 0 saturated heterocycles. The Balaban J connectivity index is 2.81. The fourth-order valence-electron chi connectivity index (χ4n) is 2.28. The zero-order chi connectivity index (χ0) is 16.9. The molecule has 1 aliphatic carbocycles. The minimum atomic E-state index is -0.589. The smallest absolute Gasteiger partial charge is 0.331 e. The summed E-state index contributed by atoms with van der Waals surface area (Å²) in [4.78, 5) is 33.9. The predicted octanol–water partition coefficient (Wildman–Crippen LogP) is 2.52. The van der Waals surface area contributed by atoms with Gasteiger partial charge in [-0.1, -0.05) is 26.0 Å². The van der Waals surface area contributed by atoms with E-state index in [4.69, 9.17) is 9.47 Å². The van der Waals surface area contributed by atoms with Gasteiger partial charge in [0.25, 0.3) is 0 Å². The lowest BCUT2D eigenvalue weighted by Crippen LogP contribution is -2.38. The van der Waals surface area contributed by atoms with Gasteiger partial charge in [0.05, 0.1) is 0 Å². The molecule has 0 N–H and O–H groups in total. The van der Waals surface area contributed by atoms with E-state index >= 15 is 0 Å². The van der Waals surface area contributed by atoms with Crippen molar-refractivity contribution in [1.29, 1.82) is 0 Å². The largest absolute Gasteiger partial charge is 0.461 e. The van der Waals surface area contributed by atoms with Crippen LogP contribution >= 0.6 is 0 Å². The van der Waals surface area contributed by atoms with Gasteiger partial charge in [-0.25, -0.2) is 4.79 Å². The van der Waals surface area contributed by atoms with Crippen molar-refractivity contribution in [3.63, 3.8) is 0 Å². The maximum Gasteiger partial charge on any atom is 0.331 e. The van der Waals surface area contributed by atoms with E-state index in [2.05, 4.69) is 0 Å². The van der Waals surface area contributed by atoms with E-state index in [9.17, 15) is 14.4 Å². The Labute approximate surface area is 130 Å². The van der Waals surface area contributed by atoms with Crippen molar-refractivity contribution in [2.24, 2.45) is 5.41 Å². The molecule has 1 aliphatic rings. The van der Waals surface area contributed by atoms with Crippen LogP contribution in [0.25, 0.3) is 0 Å². The second kappa shape index (κ2) is 7.20. The Bertz CT molecular complexity index is 564. The molecular formula is C17H22O5. The van der Waals surface area contributed by atoms with E-state index in [1.165, 1.54) is 13.0 Å². The summed E-state index contributed by atoms with van der Waals surface area (Å²) in [6.45, 7) is 8.60. The molecule has 22 heavy (non-hydrogen) atoms. The summed E-state index contributed by atoms with van der Waals surface area (Å²) >= 11 is 0. The molecule has 0 saturated carbocycles. The lowest BCUT2D eigenvalue weighted by Gasteiger charge is -2.36. The summed E-state index contributed by atoms with van der Waals surface area (Å²) in [6, 6.07) is 0. The molecule has 0 aromatic heterocycles. The summed E-state index contributed by atoms with van der Waals surface area (Å²) in [5.41, 5.74) is 1.45. The first-order valence-corrected chi connectivity index (χ1v) is 7.03. The molecule has 1 atom stereocenters. The van der Waals surface area contributed by atoms with Crippen LogP contribution in [0.4, 0.5) is 0 Å². The minimum absolute atomic E-state index is 0.0484. The SMILES string of the molecule is CC(=O)OCC(C)=CC(=O)OC1C(C)=CC=C(C=O)C1(C)C. The Kier molecular flexibility index (Phi) is 5.85. The average molecular weight is 306 g/mol. The highest BCUT2D eigenvalue weighted by Gasteiger charge is 2.38. The van der Waals surface area contributed by atoms with Crippen molar-refractivity contribution in [2.45, 2.75) is 40.7 Å². The molecule has 5 heteroatoms. The van der Waals surface area contributed by atoms with Gasteiger partial charge in [-0.05, 0) is 25.0 Å². The van der Waals surface area contributed by atoms with E-state index in [0.717, 1.165) is 11.9 Å². The lowest BCUT2D eigenvalue weighted by molar-refractivity contribution is -0.146. The molecule has 0 aliphatic heterocycles. The molecule has 1 rings (SSSR count). The second-order valence-corrected chi connectivity index (χ2v) is 5.96. The molecule has 0 heterocycles.